The minimum absolute atomic E-state index is 0.439. The van der Waals surface area contributed by atoms with E-state index in [9.17, 15) is 8.78 Å². The van der Waals surface area contributed by atoms with Crippen LogP contribution >= 0.6 is 0 Å². The highest BCUT2D eigenvalue weighted by Gasteiger charge is 2.18. The van der Waals surface area contributed by atoms with E-state index in [2.05, 4.69) is 10.5 Å². The maximum atomic E-state index is 13.2. The number of halogens is 2. The summed E-state index contributed by atoms with van der Waals surface area (Å²) in [7, 11) is 1.77. The van der Waals surface area contributed by atoms with Gasteiger partial charge in [0.05, 0.1) is 17.4 Å². The van der Waals surface area contributed by atoms with Crippen LogP contribution < -0.4 is 11.3 Å². The summed E-state index contributed by atoms with van der Waals surface area (Å²) in [6.07, 6.45) is 0. The number of aryl methyl sites for hydroxylation is 2. The zero-order valence-electron chi connectivity index (χ0n) is 10.1. The average molecular weight is 252 g/mol. The lowest BCUT2D eigenvalue weighted by Crippen LogP contribution is -2.30. The van der Waals surface area contributed by atoms with Crippen LogP contribution in [0.15, 0.2) is 24.3 Å². The van der Waals surface area contributed by atoms with Crippen LogP contribution in [0.4, 0.5) is 8.78 Å². The summed E-state index contributed by atoms with van der Waals surface area (Å²) in [5.41, 5.74) is 4.73. The molecule has 18 heavy (non-hydrogen) atoms. The van der Waals surface area contributed by atoms with Crippen molar-refractivity contribution in [3.05, 3.63) is 52.9 Å². The van der Waals surface area contributed by atoms with Crippen molar-refractivity contribution >= 4 is 0 Å². The lowest BCUT2D eigenvalue weighted by Gasteiger charge is -2.16. The Morgan fingerprint density at radius 3 is 2.50 bits per heavy atom. The Balaban J connectivity index is 2.45. The van der Waals surface area contributed by atoms with E-state index in [0.717, 1.165) is 23.5 Å². The van der Waals surface area contributed by atoms with E-state index < -0.39 is 17.7 Å². The van der Waals surface area contributed by atoms with Crippen molar-refractivity contribution in [2.75, 3.05) is 0 Å². The van der Waals surface area contributed by atoms with Crippen LogP contribution in [0.2, 0.25) is 0 Å². The molecule has 0 bridgehead atoms. The number of rotatable bonds is 3. The number of nitrogens with two attached hydrogens (primary N) is 1. The van der Waals surface area contributed by atoms with Crippen LogP contribution in [-0.4, -0.2) is 9.78 Å². The summed E-state index contributed by atoms with van der Waals surface area (Å²) in [4.78, 5) is 0. The van der Waals surface area contributed by atoms with Crippen LogP contribution in [0.5, 0.6) is 0 Å². The summed E-state index contributed by atoms with van der Waals surface area (Å²) < 4.78 is 27.8. The topological polar surface area (TPSA) is 55.9 Å². The lowest BCUT2D eigenvalue weighted by atomic mass is 10.0. The molecule has 1 aromatic heterocycles. The minimum atomic E-state index is -0.897. The number of nitrogens with one attached hydrogen (secondary N) is 1. The summed E-state index contributed by atoms with van der Waals surface area (Å²) >= 11 is 0. The molecule has 0 spiro atoms. The van der Waals surface area contributed by atoms with Gasteiger partial charge in [-0.1, -0.05) is 6.07 Å². The standard InChI is InChI=1S/C12H14F2N4/c1-7-5-11(18(2)17-7)12(16-15)8-3-4-9(13)10(14)6-8/h3-6,12,16H,15H2,1-2H3. The van der Waals surface area contributed by atoms with E-state index in [1.54, 1.807) is 11.7 Å². The normalized spacial score (nSPS) is 12.7. The van der Waals surface area contributed by atoms with Crippen LogP contribution in [-0.2, 0) is 7.05 Å². The molecule has 1 unspecified atom stereocenters. The Bertz CT molecular complexity index is 565. The van der Waals surface area contributed by atoms with Crippen molar-refractivity contribution < 1.29 is 8.78 Å². The second-order valence-corrected chi connectivity index (χ2v) is 4.11. The second kappa shape index (κ2) is 4.83. The summed E-state index contributed by atoms with van der Waals surface area (Å²) in [6.45, 7) is 1.85. The maximum absolute atomic E-state index is 13.2. The van der Waals surface area contributed by atoms with Gasteiger partial charge in [-0.25, -0.2) is 14.2 Å². The van der Waals surface area contributed by atoms with E-state index in [0.29, 0.717) is 5.56 Å². The van der Waals surface area contributed by atoms with Gasteiger partial charge in [0.2, 0.25) is 0 Å². The van der Waals surface area contributed by atoms with E-state index >= 15 is 0 Å². The summed E-state index contributed by atoms with van der Waals surface area (Å²) in [5.74, 6) is 3.72. The number of hydrogen-bond donors (Lipinski definition) is 2. The quantitative estimate of drug-likeness (QED) is 0.644. The maximum Gasteiger partial charge on any atom is 0.159 e. The van der Waals surface area contributed by atoms with Crippen molar-refractivity contribution in [3.8, 4) is 0 Å². The molecule has 0 saturated heterocycles. The molecule has 2 rings (SSSR count). The predicted octanol–water partition coefficient (Wildman–Crippen LogP) is 1.56. The molecule has 0 saturated carbocycles. The first-order valence-electron chi connectivity index (χ1n) is 5.44. The SMILES string of the molecule is Cc1cc(C(NN)c2ccc(F)c(F)c2)n(C)n1. The number of hydrogen-bond acceptors (Lipinski definition) is 3. The van der Waals surface area contributed by atoms with Crippen molar-refractivity contribution in [2.45, 2.75) is 13.0 Å². The van der Waals surface area contributed by atoms with Gasteiger partial charge < -0.3 is 0 Å². The Morgan fingerprint density at radius 1 is 1.28 bits per heavy atom. The third-order valence-electron chi connectivity index (χ3n) is 2.78. The summed E-state index contributed by atoms with van der Waals surface area (Å²) in [5, 5.41) is 4.20. The molecule has 6 heteroatoms. The van der Waals surface area contributed by atoms with Gasteiger partial charge in [-0.3, -0.25) is 10.5 Å². The van der Waals surface area contributed by atoms with Crippen molar-refractivity contribution in [3.63, 3.8) is 0 Å². The Hall–Kier alpha value is -1.79. The molecular formula is C12H14F2N4. The predicted molar refractivity (Wildman–Crippen MR) is 63.5 cm³/mol. The van der Waals surface area contributed by atoms with Crippen molar-refractivity contribution in [1.29, 1.82) is 0 Å². The molecule has 0 aliphatic heterocycles. The van der Waals surface area contributed by atoms with Gasteiger partial charge in [0, 0.05) is 7.05 Å². The largest absolute Gasteiger partial charge is 0.271 e. The first-order valence-corrected chi connectivity index (χ1v) is 5.44. The van der Waals surface area contributed by atoms with Gasteiger partial charge in [0.25, 0.3) is 0 Å². The molecule has 1 aromatic carbocycles. The molecule has 0 amide bonds. The van der Waals surface area contributed by atoms with Crippen LogP contribution in [0, 0.1) is 18.6 Å². The number of hydrazine groups is 1. The van der Waals surface area contributed by atoms with E-state index in [1.807, 2.05) is 13.0 Å². The fourth-order valence-corrected chi connectivity index (χ4v) is 1.95. The average Bonchev–Trinajstić information content (AvgIpc) is 2.64. The third-order valence-corrected chi connectivity index (χ3v) is 2.78. The molecule has 0 fully saturated rings. The number of aromatic nitrogens is 2. The van der Waals surface area contributed by atoms with Gasteiger partial charge in [0.15, 0.2) is 11.6 Å². The first kappa shape index (κ1) is 12.7. The number of nitrogens with zero attached hydrogens (tertiary/aromatic N) is 2. The van der Waals surface area contributed by atoms with Gasteiger partial charge in [0.1, 0.15) is 0 Å². The highest BCUT2D eigenvalue weighted by atomic mass is 19.2. The van der Waals surface area contributed by atoms with Gasteiger partial charge in [-0.15, -0.1) is 0 Å². The Labute approximate surface area is 103 Å². The smallest absolute Gasteiger partial charge is 0.159 e. The minimum Gasteiger partial charge on any atom is -0.271 e. The van der Waals surface area contributed by atoms with E-state index in [4.69, 9.17) is 5.84 Å². The molecule has 0 aliphatic carbocycles. The molecule has 3 N–H and O–H groups in total. The van der Waals surface area contributed by atoms with E-state index in [-0.39, 0.29) is 0 Å². The molecule has 2 aromatic rings. The highest BCUT2D eigenvalue weighted by Crippen LogP contribution is 2.23. The van der Waals surface area contributed by atoms with Crippen molar-refractivity contribution in [1.82, 2.24) is 15.2 Å². The third kappa shape index (κ3) is 2.25. The van der Waals surface area contributed by atoms with Crippen LogP contribution in [0.3, 0.4) is 0 Å². The van der Waals surface area contributed by atoms with Crippen LogP contribution in [0.1, 0.15) is 23.0 Å². The Morgan fingerprint density at radius 2 is 2.00 bits per heavy atom. The fraction of sp³-hybridized carbons (Fsp3) is 0.250. The van der Waals surface area contributed by atoms with E-state index in [1.165, 1.54) is 6.07 Å². The molecule has 96 valence electrons. The molecule has 1 heterocycles. The number of benzene rings is 1. The highest BCUT2D eigenvalue weighted by molar-refractivity contribution is 5.29. The zero-order chi connectivity index (χ0) is 13.3. The molecule has 4 nitrogen and oxygen atoms in total. The van der Waals surface area contributed by atoms with Crippen molar-refractivity contribution in [2.24, 2.45) is 12.9 Å². The summed E-state index contributed by atoms with van der Waals surface area (Å²) in [6, 6.07) is 5.10. The van der Waals surface area contributed by atoms with Gasteiger partial charge in [-0.2, -0.15) is 5.10 Å². The van der Waals surface area contributed by atoms with Gasteiger partial charge >= 0.3 is 0 Å². The molecule has 0 aliphatic rings. The van der Waals surface area contributed by atoms with Gasteiger partial charge in [-0.05, 0) is 30.7 Å². The fourth-order valence-electron chi connectivity index (χ4n) is 1.95. The molecular weight excluding hydrogens is 238 g/mol. The second-order valence-electron chi connectivity index (χ2n) is 4.11. The molecule has 1 atom stereocenters. The molecule has 0 radical (unpaired) electrons. The zero-order valence-corrected chi connectivity index (χ0v) is 10.1. The van der Waals surface area contributed by atoms with Crippen LogP contribution in [0.25, 0.3) is 0 Å². The monoisotopic (exact) mass is 252 g/mol. The first-order chi connectivity index (χ1) is 8.52. The lowest BCUT2D eigenvalue weighted by molar-refractivity contribution is 0.501. The Kier molecular flexibility index (Phi) is 3.40.